The molecule has 2 fully saturated rings. The monoisotopic (exact) mass is 905 g/mol. The van der Waals surface area contributed by atoms with Crippen molar-refractivity contribution in [1.29, 1.82) is 0 Å². The van der Waals surface area contributed by atoms with Crippen LogP contribution in [0.4, 0.5) is 17.5 Å². The smallest absolute Gasteiger partial charge is 0.299 e. The minimum absolute atomic E-state index is 0.00566. The molecule has 0 saturated carbocycles. The molecule has 2 atom stereocenters. The van der Waals surface area contributed by atoms with Crippen LogP contribution in [0.1, 0.15) is 60.9 Å². The zero-order chi connectivity index (χ0) is 47.1. The number of nitrogen functional groups attached to an aromatic ring is 2. The van der Waals surface area contributed by atoms with E-state index >= 15 is 0 Å². The number of nitrogens with one attached hydrogen (secondary N) is 1. The highest BCUT2D eigenvalue weighted by atomic mass is 16.5. The number of nitrogens with two attached hydrogens (primary N) is 2. The fraction of sp³-hybridized carbons (Fsp3) is 0.196. The van der Waals surface area contributed by atoms with Crippen molar-refractivity contribution in [2.45, 2.75) is 44.7 Å². The van der Waals surface area contributed by atoms with Gasteiger partial charge in [-0.3, -0.25) is 18.8 Å². The Morgan fingerprint density at radius 2 is 1.54 bits per heavy atom. The number of likely N-dealkylation sites (tertiary alicyclic amines) is 2. The largest absolute Gasteiger partial charge is 0.457 e. The second kappa shape index (κ2) is 19.7. The standard InChI is InChI=1S/C26H23N7O2.C25H24N6O2/c1-2-6-21(34)32-15-5-7-19(32)25-31-22(23-24(27)29-14-16-33(23)25)17-9-11-18(12-10-17)26(35)30-20-8-3-4-13-28-20;1-2-21(32)30-14-6-7-18(15-30)31-25-22(24(26)27-16-28-25)23(29-31)17-10-12-20(13-11-17)33-19-8-4-3-5-9-19/h3-4,8-14,16,19H,5,7,15H2,1H3,(H2,27,29)(H,28,30,35);2-5,8-13,16,18H,1,6-7,14-15H2,(H2,26,27,28)/t19-;/m0./s1. The summed E-state index contributed by atoms with van der Waals surface area (Å²) in [5.41, 5.74) is 17.4. The van der Waals surface area contributed by atoms with E-state index in [0.717, 1.165) is 48.3 Å². The lowest BCUT2D eigenvalue weighted by atomic mass is 10.1. The maximum atomic E-state index is 12.6. The van der Waals surface area contributed by atoms with Crippen LogP contribution < -0.4 is 21.5 Å². The summed E-state index contributed by atoms with van der Waals surface area (Å²) in [6.45, 7) is 7.16. The Morgan fingerprint density at radius 3 is 2.29 bits per heavy atom. The summed E-state index contributed by atoms with van der Waals surface area (Å²) in [5, 5.41) is 8.39. The van der Waals surface area contributed by atoms with Gasteiger partial charge in [0.25, 0.3) is 11.8 Å². The molecule has 8 aromatic rings. The number of imidazole rings is 1. The first-order valence-electron chi connectivity index (χ1n) is 22.1. The van der Waals surface area contributed by atoms with Crippen LogP contribution in [-0.2, 0) is 9.59 Å². The topological polar surface area (TPSA) is 218 Å². The fourth-order valence-corrected chi connectivity index (χ4v) is 8.63. The molecular weight excluding hydrogens is 859 g/mol. The number of fused-ring (bicyclic) bond motifs is 2. The lowest BCUT2D eigenvalue weighted by Crippen LogP contribution is -2.40. The van der Waals surface area contributed by atoms with Crippen molar-refractivity contribution in [2.24, 2.45) is 0 Å². The normalized spacial score (nSPS) is 15.5. The Labute approximate surface area is 391 Å². The molecule has 5 N–H and O–H groups in total. The Morgan fingerprint density at radius 1 is 0.809 bits per heavy atom. The van der Waals surface area contributed by atoms with Crippen LogP contribution in [0.25, 0.3) is 39.1 Å². The number of aromatic nitrogens is 8. The molecule has 0 bridgehead atoms. The number of hydrogen-bond donors (Lipinski definition) is 3. The summed E-state index contributed by atoms with van der Waals surface area (Å²) in [6, 6.07) is 29.5. The van der Waals surface area contributed by atoms with E-state index in [1.54, 1.807) is 65.6 Å². The van der Waals surface area contributed by atoms with E-state index in [1.807, 2.05) is 75.8 Å². The van der Waals surface area contributed by atoms with Gasteiger partial charge in [-0.1, -0.05) is 48.9 Å². The Balaban J connectivity index is 0.000000170. The van der Waals surface area contributed by atoms with Crippen LogP contribution in [0.15, 0.2) is 135 Å². The molecule has 5 aromatic heterocycles. The van der Waals surface area contributed by atoms with Crippen LogP contribution >= 0.6 is 0 Å². The summed E-state index contributed by atoms with van der Waals surface area (Å²) in [5.74, 6) is 8.19. The molecule has 68 heavy (non-hydrogen) atoms. The number of amides is 3. The van der Waals surface area contributed by atoms with Gasteiger partial charge >= 0.3 is 0 Å². The fourth-order valence-electron chi connectivity index (χ4n) is 8.63. The van der Waals surface area contributed by atoms with Crippen molar-refractivity contribution >= 4 is 51.7 Å². The third-order valence-electron chi connectivity index (χ3n) is 11.8. The molecule has 0 radical (unpaired) electrons. The number of carbonyl (C=O) groups is 3. The van der Waals surface area contributed by atoms with Gasteiger partial charge in [0.15, 0.2) is 5.65 Å². The van der Waals surface area contributed by atoms with Gasteiger partial charge in [-0.15, -0.1) is 0 Å². The van der Waals surface area contributed by atoms with Gasteiger partial charge < -0.3 is 31.3 Å². The van der Waals surface area contributed by atoms with E-state index in [-0.39, 0.29) is 29.8 Å². The molecule has 2 aliphatic heterocycles. The number of benzene rings is 3. The van der Waals surface area contributed by atoms with Crippen LogP contribution in [0.5, 0.6) is 11.5 Å². The first kappa shape index (κ1) is 44.3. The van der Waals surface area contributed by atoms with Crippen LogP contribution in [-0.4, -0.2) is 86.3 Å². The number of ether oxygens (including phenoxy) is 1. The van der Waals surface area contributed by atoms with Crippen molar-refractivity contribution < 1.29 is 19.1 Å². The van der Waals surface area contributed by atoms with Gasteiger partial charge in [0.05, 0.1) is 17.5 Å². The maximum absolute atomic E-state index is 12.6. The Kier molecular flexibility index (Phi) is 12.8. The lowest BCUT2D eigenvalue weighted by Gasteiger charge is -2.32. The van der Waals surface area contributed by atoms with E-state index in [2.05, 4.69) is 43.7 Å². The van der Waals surface area contributed by atoms with Gasteiger partial charge in [0, 0.05) is 54.9 Å². The summed E-state index contributed by atoms with van der Waals surface area (Å²) in [6.07, 6.45) is 11.3. The molecule has 7 heterocycles. The van der Waals surface area contributed by atoms with Crippen molar-refractivity contribution in [2.75, 3.05) is 36.4 Å². The predicted molar refractivity (Wildman–Crippen MR) is 259 cm³/mol. The molecule has 3 amide bonds. The zero-order valence-electron chi connectivity index (χ0n) is 37.2. The summed E-state index contributed by atoms with van der Waals surface area (Å²) in [4.78, 5) is 62.9. The number of hydrogen-bond acceptors (Lipinski definition) is 12. The van der Waals surface area contributed by atoms with Gasteiger partial charge in [-0.25, -0.2) is 29.6 Å². The molecule has 1 unspecified atom stereocenters. The molecule has 2 aliphatic rings. The lowest BCUT2D eigenvalue weighted by molar-refractivity contribution is -0.127. The summed E-state index contributed by atoms with van der Waals surface area (Å²) in [7, 11) is 0. The highest BCUT2D eigenvalue weighted by molar-refractivity contribution is 6.04. The van der Waals surface area contributed by atoms with Crippen molar-refractivity contribution in [3.05, 3.63) is 146 Å². The molecule has 2 saturated heterocycles. The molecular formula is C51H47N13O4. The molecule has 340 valence electrons. The third kappa shape index (κ3) is 9.15. The summed E-state index contributed by atoms with van der Waals surface area (Å²) >= 11 is 0. The highest BCUT2D eigenvalue weighted by Gasteiger charge is 2.34. The number of rotatable bonds is 9. The second-order valence-electron chi connectivity index (χ2n) is 16.1. The number of pyridine rings is 1. The molecule has 0 aliphatic carbocycles. The molecule has 17 nitrogen and oxygen atoms in total. The highest BCUT2D eigenvalue weighted by Crippen LogP contribution is 2.38. The van der Waals surface area contributed by atoms with Gasteiger partial charge in [0.1, 0.15) is 58.0 Å². The minimum atomic E-state index is -0.260. The second-order valence-corrected chi connectivity index (χ2v) is 16.1. The maximum Gasteiger partial charge on any atom is 0.299 e. The molecule has 10 rings (SSSR count). The third-order valence-corrected chi connectivity index (χ3v) is 11.8. The first-order chi connectivity index (χ1) is 33.2. The first-order valence-corrected chi connectivity index (χ1v) is 22.1. The van der Waals surface area contributed by atoms with Crippen LogP contribution in [0.2, 0.25) is 0 Å². The predicted octanol–water partition coefficient (Wildman–Crippen LogP) is 7.53. The quantitative estimate of drug-likeness (QED) is 0.0946. The van der Waals surface area contributed by atoms with E-state index in [9.17, 15) is 14.4 Å². The Hall–Kier alpha value is -8.91. The summed E-state index contributed by atoms with van der Waals surface area (Å²) < 4.78 is 9.69. The van der Waals surface area contributed by atoms with Crippen molar-refractivity contribution in [3.63, 3.8) is 0 Å². The van der Waals surface area contributed by atoms with E-state index < -0.39 is 0 Å². The van der Waals surface area contributed by atoms with Gasteiger partial charge in [0.2, 0.25) is 5.91 Å². The number of carbonyl (C=O) groups excluding carboxylic acids is 3. The van der Waals surface area contributed by atoms with E-state index in [4.69, 9.17) is 26.3 Å². The van der Waals surface area contributed by atoms with Crippen molar-refractivity contribution in [1.82, 2.24) is 48.9 Å². The van der Waals surface area contributed by atoms with E-state index in [1.165, 1.54) is 12.4 Å². The van der Waals surface area contributed by atoms with Gasteiger partial charge in [-0.05, 0) is 105 Å². The number of nitrogens with zero attached hydrogens (tertiary/aromatic N) is 10. The molecule has 0 spiro atoms. The average Bonchev–Trinajstić information content (AvgIpc) is 4.13. The van der Waals surface area contributed by atoms with Crippen molar-refractivity contribution in [3.8, 4) is 45.9 Å². The molecule has 17 heteroatoms. The van der Waals surface area contributed by atoms with Crippen LogP contribution in [0, 0.1) is 11.8 Å². The zero-order valence-corrected chi connectivity index (χ0v) is 37.2. The number of piperidine rings is 1. The average molecular weight is 906 g/mol. The molecule has 3 aromatic carbocycles. The van der Waals surface area contributed by atoms with Crippen LogP contribution in [0.3, 0.4) is 0 Å². The van der Waals surface area contributed by atoms with E-state index in [0.29, 0.717) is 76.4 Å². The number of para-hydroxylation sites is 1. The number of anilines is 3. The van der Waals surface area contributed by atoms with Gasteiger partial charge in [-0.2, -0.15) is 5.10 Å². The Bertz CT molecular complexity index is 3200. The SMILES string of the molecule is C=CC(=O)N1CCCC(n2nc(-c3ccc(Oc4ccccc4)cc3)c3c(N)ncnc32)C1.CC#CC(=O)N1CCC[C@H]1c1nc(-c2ccc(C(=O)Nc3ccccn3)cc2)c2c(N)nccn12. The minimum Gasteiger partial charge on any atom is -0.457 e.